The van der Waals surface area contributed by atoms with Gasteiger partial charge in [0.1, 0.15) is 0 Å². The molecule has 0 aromatic heterocycles. The van der Waals surface area contributed by atoms with Gasteiger partial charge >= 0.3 is 8.56 Å². The lowest BCUT2D eigenvalue weighted by Crippen LogP contribution is -2.44. The van der Waals surface area contributed by atoms with E-state index in [9.17, 15) is 4.80 Å². The minimum Gasteiger partial charge on any atom is -0.436 e. The molecule has 12 heavy (non-hydrogen) atoms. The molecule has 0 unspecified atom stereocenters. The molecule has 0 bridgehead atoms. The Morgan fingerprint density at radius 1 is 1.17 bits per heavy atom. The molecule has 0 aromatic rings. The van der Waals surface area contributed by atoms with E-state index in [0.717, 1.165) is 0 Å². The van der Waals surface area contributed by atoms with Gasteiger partial charge in [-0.1, -0.05) is 19.8 Å². The van der Waals surface area contributed by atoms with Crippen LogP contribution in [-0.2, 0) is 4.12 Å². The molecule has 0 aliphatic carbocycles. The molecule has 0 radical (unpaired) electrons. The highest BCUT2D eigenvalue weighted by Gasteiger charge is 2.31. The largest absolute Gasteiger partial charge is 0.436 e. The topological polar surface area (TPSA) is 29.5 Å². The Morgan fingerprint density at radius 2 is 1.67 bits per heavy atom. The van der Waals surface area contributed by atoms with Gasteiger partial charge in [0.15, 0.2) is 8.32 Å². The normalized spacial score (nSPS) is 13.5. The van der Waals surface area contributed by atoms with Crippen molar-refractivity contribution in [2.75, 3.05) is 0 Å². The quantitative estimate of drug-likeness (QED) is 0.701. The zero-order valence-corrected chi connectivity index (χ0v) is 11.0. The molecule has 0 saturated heterocycles. The predicted molar refractivity (Wildman–Crippen MR) is 58.0 cm³/mol. The highest BCUT2D eigenvalue weighted by atomic mass is 28.4. The molecule has 0 spiro atoms. The average Bonchev–Trinajstić information content (AvgIpc) is 1.78. The molecule has 0 saturated carbocycles. The fourth-order valence-corrected chi connectivity index (χ4v) is 8.35. The van der Waals surface area contributed by atoms with Crippen LogP contribution >= 0.6 is 0 Å². The average molecular weight is 206 g/mol. The summed E-state index contributed by atoms with van der Waals surface area (Å²) in [5.41, 5.74) is 0. The van der Waals surface area contributed by atoms with Crippen molar-refractivity contribution in [3.05, 3.63) is 0 Å². The molecule has 0 aliphatic heterocycles. The zero-order chi connectivity index (χ0) is 9.83. The van der Waals surface area contributed by atoms with Gasteiger partial charge in [-0.2, -0.15) is 0 Å². The second-order valence-corrected chi connectivity index (χ2v) is 12.1. The van der Waals surface area contributed by atoms with Crippen LogP contribution in [0.4, 0.5) is 0 Å². The molecule has 2 nitrogen and oxygen atoms in total. The second kappa shape index (κ2) is 4.55. The van der Waals surface area contributed by atoms with Crippen molar-refractivity contribution in [1.29, 1.82) is 0 Å². The molecule has 0 aromatic carbocycles. The van der Waals surface area contributed by atoms with Gasteiger partial charge in [0, 0.05) is 0 Å². The molecule has 4 heteroatoms. The van der Waals surface area contributed by atoms with Gasteiger partial charge in [-0.15, -0.1) is 0 Å². The van der Waals surface area contributed by atoms with E-state index in [1.165, 1.54) is 18.9 Å². The molecular weight excluding hydrogens is 184 g/mol. The van der Waals surface area contributed by atoms with E-state index in [1.807, 2.05) is 13.1 Å². The van der Waals surface area contributed by atoms with Gasteiger partial charge in [-0.25, -0.2) is 0 Å². The summed E-state index contributed by atoms with van der Waals surface area (Å²) >= 11 is 0. The Hall–Kier alpha value is 0.354. The fourth-order valence-electron chi connectivity index (χ4n) is 1.33. The Labute approximate surface area is 78.3 Å². The molecular formula is C8H22O2Si2. The maximum atomic E-state index is 9.60. The van der Waals surface area contributed by atoms with Crippen LogP contribution in [0.5, 0.6) is 0 Å². The maximum Gasteiger partial charge on any atom is 0.318 e. The van der Waals surface area contributed by atoms with E-state index in [-0.39, 0.29) is 0 Å². The molecule has 0 atom stereocenters. The fraction of sp³-hybridized carbons (Fsp3) is 1.00. The third-order valence-electron chi connectivity index (χ3n) is 1.66. The summed E-state index contributed by atoms with van der Waals surface area (Å²) in [6, 6.07) is 1.17. The Kier molecular flexibility index (Phi) is 4.69. The van der Waals surface area contributed by atoms with Gasteiger partial charge in [0.25, 0.3) is 0 Å². The van der Waals surface area contributed by atoms with Crippen molar-refractivity contribution in [2.45, 2.75) is 52.0 Å². The highest BCUT2D eigenvalue weighted by molar-refractivity contribution is 6.81. The molecule has 74 valence electrons. The summed E-state index contributed by atoms with van der Waals surface area (Å²) < 4.78 is 5.76. The minimum absolute atomic E-state index is 1.17. The van der Waals surface area contributed by atoms with E-state index in [4.69, 9.17) is 4.12 Å². The maximum absolute atomic E-state index is 9.60. The first-order valence-electron chi connectivity index (χ1n) is 4.69. The van der Waals surface area contributed by atoms with Crippen molar-refractivity contribution >= 4 is 16.9 Å². The zero-order valence-electron chi connectivity index (χ0n) is 8.98. The summed E-state index contributed by atoms with van der Waals surface area (Å²) in [5, 5.41) is 0. The number of hydrogen-bond acceptors (Lipinski definition) is 2. The standard InChI is InChI=1S/C8H22O2Si2/c1-6-7-8-11(2,3)10-12(4,5)9/h9H,6-8H2,1-5H3. The lowest BCUT2D eigenvalue weighted by molar-refractivity contribution is 0.384. The first kappa shape index (κ1) is 12.4. The third-order valence-corrected chi connectivity index (χ3v) is 7.42. The first-order valence-corrected chi connectivity index (χ1v) is 10.7. The Bertz CT molecular complexity index is 130. The monoisotopic (exact) mass is 206 g/mol. The van der Waals surface area contributed by atoms with Crippen molar-refractivity contribution < 1.29 is 8.91 Å². The third kappa shape index (κ3) is 7.03. The van der Waals surface area contributed by atoms with Crippen molar-refractivity contribution in [1.82, 2.24) is 0 Å². The van der Waals surface area contributed by atoms with Crippen LogP contribution in [0.3, 0.4) is 0 Å². The molecule has 0 fully saturated rings. The summed E-state index contributed by atoms with van der Waals surface area (Å²) in [7, 11) is -3.83. The summed E-state index contributed by atoms with van der Waals surface area (Å²) in [6.07, 6.45) is 2.44. The molecule has 0 rings (SSSR count). The van der Waals surface area contributed by atoms with E-state index in [1.54, 1.807) is 0 Å². The first-order chi connectivity index (χ1) is 5.27. The lowest BCUT2D eigenvalue weighted by Gasteiger charge is -2.29. The van der Waals surface area contributed by atoms with E-state index in [0.29, 0.717) is 0 Å². The SMILES string of the molecule is CCCC[Si](C)(C)O[Si](C)(C)O. The Morgan fingerprint density at radius 3 is 2.00 bits per heavy atom. The van der Waals surface area contributed by atoms with E-state index < -0.39 is 16.9 Å². The van der Waals surface area contributed by atoms with Crippen molar-refractivity contribution in [3.63, 3.8) is 0 Å². The van der Waals surface area contributed by atoms with Gasteiger partial charge in [0.05, 0.1) is 0 Å². The number of hydrogen-bond donors (Lipinski definition) is 1. The van der Waals surface area contributed by atoms with Crippen LogP contribution in [0.2, 0.25) is 32.2 Å². The smallest absolute Gasteiger partial charge is 0.318 e. The highest BCUT2D eigenvalue weighted by Crippen LogP contribution is 2.18. The van der Waals surface area contributed by atoms with Gasteiger partial charge in [-0.3, -0.25) is 0 Å². The van der Waals surface area contributed by atoms with Crippen LogP contribution in [0.25, 0.3) is 0 Å². The van der Waals surface area contributed by atoms with Crippen LogP contribution in [0, 0.1) is 0 Å². The van der Waals surface area contributed by atoms with Crippen LogP contribution in [0.1, 0.15) is 19.8 Å². The van der Waals surface area contributed by atoms with Crippen molar-refractivity contribution in [2.24, 2.45) is 0 Å². The van der Waals surface area contributed by atoms with Crippen LogP contribution in [0.15, 0.2) is 0 Å². The summed E-state index contributed by atoms with van der Waals surface area (Å²) in [4.78, 5) is 9.60. The second-order valence-electron chi connectivity index (χ2n) is 4.41. The number of unbranched alkanes of at least 4 members (excludes halogenated alkanes) is 1. The molecule has 0 aliphatic rings. The predicted octanol–water partition coefficient (Wildman–Crippen LogP) is 2.70. The molecule has 0 heterocycles. The Balaban J connectivity index is 3.86. The van der Waals surface area contributed by atoms with E-state index >= 15 is 0 Å². The van der Waals surface area contributed by atoms with Crippen LogP contribution in [-0.4, -0.2) is 21.7 Å². The molecule has 0 amide bonds. The van der Waals surface area contributed by atoms with E-state index in [2.05, 4.69) is 20.0 Å². The molecule has 1 N–H and O–H groups in total. The lowest BCUT2D eigenvalue weighted by atomic mass is 10.4. The minimum atomic E-state index is -2.28. The van der Waals surface area contributed by atoms with Gasteiger partial charge in [-0.05, 0) is 32.2 Å². The van der Waals surface area contributed by atoms with Gasteiger partial charge < -0.3 is 8.91 Å². The van der Waals surface area contributed by atoms with Gasteiger partial charge in [0.2, 0.25) is 0 Å². The van der Waals surface area contributed by atoms with Crippen molar-refractivity contribution in [3.8, 4) is 0 Å². The summed E-state index contributed by atoms with van der Waals surface area (Å²) in [6.45, 7) is 10.2. The van der Waals surface area contributed by atoms with Crippen LogP contribution < -0.4 is 0 Å². The summed E-state index contributed by atoms with van der Waals surface area (Å²) in [5.74, 6) is 0. The number of rotatable bonds is 5.